The molecule has 4 aromatic rings. The fraction of sp³-hybridized carbons (Fsp3) is 0.241. The van der Waals surface area contributed by atoms with Gasteiger partial charge in [-0.05, 0) is 55.2 Å². The molecule has 0 aliphatic rings. The number of nitrogens with one attached hydrogen (secondary N) is 1. The zero-order chi connectivity index (χ0) is 27.1. The number of aliphatic hydroxyl groups excluding tert-OH is 1. The highest BCUT2D eigenvalue weighted by molar-refractivity contribution is 5.95. The van der Waals surface area contributed by atoms with Crippen LogP contribution in [-0.4, -0.2) is 45.6 Å². The lowest BCUT2D eigenvalue weighted by Crippen LogP contribution is -2.37. The Morgan fingerprint density at radius 3 is 2.63 bits per heavy atom. The van der Waals surface area contributed by atoms with Crippen LogP contribution in [0.15, 0.2) is 67.0 Å². The summed E-state index contributed by atoms with van der Waals surface area (Å²) < 4.78 is 7.39. The molecule has 0 saturated heterocycles. The number of nitrogens with zero attached hydrogens (tertiary/aromatic N) is 3. The van der Waals surface area contributed by atoms with Crippen molar-refractivity contribution in [3.63, 3.8) is 0 Å². The van der Waals surface area contributed by atoms with E-state index >= 15 is 0 Å². The predicted molar refractivity (Wildman–Crippen MR) is 143 cm³/mol. The van der Waals surface area contributed by atoms with Crippen molar-refractivity contribution in [1.82, 2.24) is 14.7 Å². The number of hydrogen-bond acceptors (Lipinski definition) is 6. The summed E-state index contributed by atoms with van der Waals surface area (Å²) in [6.07, 6.45) is 5.33. The minimum absolute atomic E-state index is 0.0786. The third-order valence-electron chi connectivity index (χ3n) is 6.11. The maximum atomic E-state index is 12.9. The Hall–Kier alpha value is -4.68. The van der Waals surface area contributed by atoms with Crippen molar-refractivity contribution in [3.05, 3.63) is 89.2 Å². The first kappa shape index (κ1) is 26.4. The van der Waals surface area contributed by atoms with Crippen LogP contribution in [0.3, 0.4) is 0 Å². The molecule has 2 aromatic carbocycles. The van der Waals surface area contributed by atoms with Crippen molar-refractivity contribution in [2.45, 2.75) is 32.2 Å². The highest BCUT2D eigenvalue weighted by Gasteiger charge is 2.17. The van der Waals surface area contributed by atoms with E-state index < -0.39 is 5.91 Å². The SMILES string of the molecule is CCCOc1ccc(C(=O)N[C@H](CCO)Cc2ccc(-c3cn4ccc(C(N)=O)cc4n3)cc2)cc1C#N. The first-order chi connectivity index (χ1) is 18.4. The van der Waals surface area contributed by atoms with Gasteiger partial charge in [-0.25, -0.2) is 4.98 Å². The lowest BCUT2D eigenvalue weighted by atomic mass is 10.0. The molecule has 0 bridgehead atoms. The molecule has 9 heteroatoms. The number of fused-ring (bicyclic) bond motifs is 1. The number of pyridine rings is 1. The van der Waals surface area contributed by atoms with Gasteiger partial charge in [0.25, 0.3) is 5.91 Å². The van der Waals surface area contributed by atoms with Crippen molar-refractivity contribution in [2.75, 3.05) is 13.2 Å². The number of carbonyl (C=O) groups excluding carboxylic acids is 2. The number of hydrogen-bond donors (Lipinski definition) is 3. The van der Waals surface area contributed by atoms with E-state index in [-0.39, 0.29) is 18.6 Å². The smallest absolute Gasteiger partial charge is 0.251 e. The first-order valence-corrected chi connectivity index (χ1v) is 12.4. The highest BCUT2D eigenvalue weighted by atomic mass is 16.5. The molecule has 4 N–H and O–H groups in total. The molecule has 2 aromatic heterocycles. The number of aliphatic hydroxyl groups is 1. The predicted octanol–water partition coefficient (Wildman–Crippen LogP) is 3.48. The number of nitrogens with two attached hydrogens (primary N) is 1. The van der Waals surface area contributed by atoms with Crippen LogP contribution in [0.4, 0.5) is 0 Å². The summed E-state index contributed by atoms with van der Waals surface area (Å²) in [5, 5.41) is 22.0. The summed E-state index contributed by atoms with van der Waals surface area (Å²) in [7, 11) is 0. The summed E-state index contributed by atoms with van der Waals surface area (Å²) in [6.45, 7) is 2.39. The van der Waals surface area contributed by atoms with Crippen molar-refractivity contribution >= 4 is 17.5 Å². The lowest BCUT2D eigenvalue weighted by Gasteiger charge is -2.18. The van der Waals surface area contributed by atoms with Gasteiger partial charge in [-0.1, -0.05) is 31.2 Å². The molecule has 0 unspecified atom stereocenters. The molecule has 0 aliphatic heterocycles. The summed E-state index contributed by atoms with van der Waals surface area (Å²) in [6, 6.07) is 17.7. The number of rotatable bonds is 11. The molecule has 0 aliphatic carbocycles. The van der Waals surface area contributed by atoms with Crippen molar-refractivity contribution in [1.29, 1.82) is 5.26 Å². The second-order valence-corrected chi connectivity index (χ2v) is 8.93. The van der Waals surface area contributed by atoms with E-state index in [1.54, 1.807) is 30.5 Å². The fourth-order valence-electron chi connectivity index (χ4n) is 4.12. The number of carbonyl (C=O) groups is 2. The minimum atomic E-state index is -0.505. The number of primary amides is 1. The van der Waals surface area contributed by atoms with Gasteiger partial charge in [0, 0.05) is 41.7 Å². The van der Waals surface area contributed by atoms with Crippen molar-refractivity contribution < 1.29 is 19.4 Å². The average molecular weight is 512 g/mol. The third-order valence-corrected chi connectivity index (χ3v) is 6.11. The maximum absolute atomic E-state index is 12.9. The van der Waals surface area contributed by atoms with Crippen molar-refractivity contribution in [3.8, 4) is 23.1 Å². The van der Waals surface area contributed by atoms with E-state index in [0.29, 0.717) is 47.5 Å². The largest absolute Gasteiger partial charge is 0.492 e. The van der Waals surface area contributed by atoms with E-state index in [2.05, 4.69) is 16.4 Å². The summed E-state index contributed by atoms with van der Waals surface area (Å²) in [4.78, 5) is 29.0. The number of aromatic nitrogens is 2. The van der Waals surface area contributed by atoms with E-state index in [1.807, 2.05) is 41.8 Å². The third kappa shape index (κ3) is 6.17. The van der Waals surface area contributed by atoms with Gasteiger partial charge < -0.3 is 25.3 Å². The summed E-state index contributed by atoms with van der Waals surface area (Å²) >= 11 is 0. The van der Waals surface area contributed by atoms with E-state index in [1.165, 1.54) is 6.07 Å². The zero-order valence-electron chi connectivity index (χ0n) is 21.1. The molecule has 194 valence electrons. The standard InChI is InChI=1S/C29H29N5O4/c1-2-13-38-26-8-7-22(15-23(26)17-30)29(37)32-24(10-12-35)14-19-3-5-20(6-4-19)25-18-34-11-9-21(28(31)36)16-27(34)33-25/h3-9,11,15-16,18,24,35H,2,10,12-14H2,1H3,(H2,31,36)(H,32,37)/t24-/m1/s1. The van der Waals surface area contributed by atoms with Crippen molar-refractivity contribution in [2.24, 2.45) is 5.73 Å². The lowest BCUT2D eigenvalue weighted by molar-refractivity contribution is 0.0929. The molecule has 0 radical (unpaired) electrons. The number of ether oxygens (including phenoxy) is 1. The Balaban J connectivity index is 1.45. The van der Waals surface area contributed by atoms with E-state index in [0.717, 1.165) is 23.2 Å². The van der Waals surface area contributed by atoms with Gasteiger partial charge in [0.1, 0.15) is 17.5 Å². The molecular formula is C29H29N5O4. The van der Waals surface area contributed by atoms with Crippen LogP contribution < -0.4 is 15.8 Å². The fourth-order valence-corrected chi connectivity index (χ4v) is 4.12. The van der Waals surface area contributed by atoms with E-state index in [9.17, 15) is 20.0 Å². The Labute approximate surface area is 220 Å². The monoisotopic (exact) mass is 511 g/mol. The van der Waals surface area contributed by atoms with Crippen LogP contribution in [0.1, 0.15) is 51.6 Å². The Bertz CT molecular complexity index is 1490. The van der Waals surface area contributed by atoms with Gasteiger partial charge in [-0.15, -0.1) is 0 Å². The Morgan fingerprint density at radius 2 is 1.95 bits per heavy atom. The van der Waals surface area contributed by atoms with Gasteiger partial charge in [0.2, 0.25) is 5.91 Å². The molecule has 4 rings (SSSR count). The summed E-state index contributed by atoms with van der Waals surface area (Å²) in [5.41, 5.74) is 9.67. The molecule has 0 fully saturated rings. The molecule has 38 heavy (non-hydrogen) atoms. The maximum Gasteiger partial charge on any atom is 0.251 e. The minimum Gasteiger partial charge on any atom is -0.492 e. The quantitative estimate of drug-likeness (QED) is 0.281. The number of benzene rings is 2. The second-order valence-electron chi connectivity index (χ2n) is 8.93. The van der Waals surface area contributed by atoms with Crippen LogP contribution in [0.2, 0.25) is 0 Å². The average Bonchev–Trinajstić information content (AvgIpc) is 3.35. The summed E-state index contributed by atoms with van der Waals surface area (Å²) in [5.74, 6) is -0.370. The molecule has 9 nitrogen and oxygen atoms in total. The highest BCUT2D eigenvalue weighted by Crippen LogP contribution is 2.22. The molecule has 0 spiro atoms. The molecule has 2 amide bonds. The van der Waals surface area contributed by atoms with Gasteiger partial charge in [0.05, 0.1) is 17.9 Å². The zero-order valence-corrected chi connectivity index (χ0v) is 21.1. The van der Waals surface area contributed by atoms with Crippen LogP contribution in [-0.2, 0) is 6.42 Å². The topological polar surface area (TPSA) is 143 Å². The molecule has 1 atom stereocenters. The van der Waals surface area contributed by atoms with Crippen LogP contribution >= 0.6 is 0 Å². The van der Waals surface area contributed by atoms with Gasteiger partial charge in [-0.3, -0.25) is 9.59 Å². The number of imidazole rings is 1. The van der Waals surface area contributed by atoms with E-state index in [4.69, 9.17) is 10.5 Å². The van der Waals surface area contributed by atoms with Crippen LogP contribution in [0, 0.1) is 11.3 Å². The second kappa shape index (κ2) is 12.0. The van der Waals surface area contributed by atoms with Gasteiger partial charge in [0.15, 0.2) is 0 Å². The van der Waals surface area contributed by atoms with Crippen LogP contribution in [0.25, 0.3) is 16.9 Å². The Morgan fingerprint density at radius 1 is 1.16 bits per heavy atom. The van der Waals surface area contributed by atoms with Gasteiger partial charge in [-0.2, -0.15) is 5.26 Å². The number of amides is 2. The van der Waals surface area contributed by atoms with Crippen LogP contribution in [0.5, 0.6) is 5.75 Å². The van der Waals surface area contributed by atoms with Gasteiger partial charge >= 0.3 is 0 Å². The molecular weight excluding hydrogens is 482 g/mol. The molecule has 0 saturated carbocycles. The number of nitriles is 1. The molecule has 2 heterocycles. The normalized spacial score (nSPS) is 11.6. The first-order valence-electron chi connectivity index (χ1n) is 12.4. The Kier molecular flexibility index (Phi) is 8.36.